The van der Waals surface area contributed by atoms with Gasteiger partial charge in [0.05, 0.1) is 11.1 Å². The molecule has 0 aliphatic carbocycles. The Morgan fingerprint density at radius 1 is 1.29 bits per heavy atom. The molecular weight excluding hydrogens is 241 g/mol. The summed E-state index contributed by atoms with van der Waals surface area (Å²) in [7, 11) is 1.75. The summed E-state index contributed by atoms with van der Waals surface area (Å²) in [5.41, 5.74) is 0.481. The molecule has 0 bridgehead atoms. The van der Waals surface area contributed by atoms with Gasteiger partial charge in [-0.2, -0.15) is 0 Å². The molecule has 0 saturated carbocycles. The summed E-state index contributed by atoms with van der Waals surface area (Å²) in [6.45, 7) is 1.85. The number of benzene rings is 1. The molecule has 0 aliphatic heterocycles. The molecule has 2 nitrogen and oxygen atoms in total. The van der Waals surface area contributed by atoms with Crippen molar-refractivity contribution in [1.29, 1.82) is 0 Å². The predicted molar refractivity (Wildman–Crippen MR) is 65.8 cm³/mol. The van der Waals surface area contributed by atoms with Crippen molar-refractivity contribution in [2.24, 2.45) is 0 Å². The Morgan fingerprint density at radius 3 is 2.65 bits per heavy atom. The largest absolute Gasteiger partial charge is 0.464 e. The van der Waals surface area contributed by atoms with E-state index in [0.717, 1.165) is 5.76 Å². The van der Waals surface area contributed by atoms with E-state index in [1.807, 2.05) is 19.1 Å². The molecule has 0 fully saturated rings. The minimum atomic E-state index is -0.414. The molecule has 0 amide bonds. The Kier molecular flexibility index (Phi) is 3.50. The van der Waals surface area contributed by atoms with Crippen molar-refractivity contribution in [3.05, 3.63) is 58.3 Å². The molecule has 1 aromatic heterocycles. The highest BCUT2D eigenvalue weighted by atomic mass is 35.5. The van der Waals surface area contributed by atoms with Gasteiger partial charge in [-0.3, -0.25) is 0 Å². The fraction of sp³-hybridized carbons (Fsp3) is 0.231. The van der Waals surface area contributed by atoms with Crippen molar-refractivity contribution in [2.75, 3.05) is 7.05 Å². The van der Waals surface area contributed by atoms with Gasteiger partial charge in [0, 0.05) is 5.56 Å². The van der Waals surface area contributed by atoms with Crippen LogP contribution in [-0.2, 0) is 0 Å². The molecule has 1 N–H and O–H groups in total. The number of aryl methyl sites for hydroxylation is 1. The van der Waals surface area contributed by atoms with E-state index in [1.165, 1.54) is 6.07 Å². The lowest BCUT2D eigenvalue weighted by atomic mass is 10.0. The predicted octanol–water partition coefficient (Wildman–Crippen LogP) is 3.69. The van der Waals surface area contributed by atoms with Crippen molar-refractivity contribution in [1.82, 2.24) is 5.32 Å². The van der Waals surface area contributed by atoms with Crippen molar-refractivity contribution in [3.63, 3.8) is 0 Å². The van der Waals surface area contributed by atoms with Crippen LogP contribution in [0.1, 0.15) is 23.1 Å². The first kappa shape index (κ1) is 12.1. The smallest absolute Gasteiger partial charge is 0.147 e. The maximum absolute atomic E-state index is 13.9. The second kappa shape index (κ2) is 4.90. The van der Waals surface area contributed by atoms with Crippen LogP contribution in [0.5, 0.6) is 0 Å². The quantitative estimate of drug-likeness (QED) is 0.903. The summed E-state index contributed by atoms with van der Waals surface area (Å²) >= 11 is 5.77. The number of rotatable bonds is 3. The molecular formula is C13H13ClFNO. The van der Waals surface area contributed by atoms with Crippen molar-refractivity contribution in [3.8, 4) is 0 Å². The third-order valence-electron chi connectivity index (χ3n) is 2.63. The summed E-state index contributed by atoms with van der Waals surface area (Å²) in [5.74, 6) is 1.05. The Hall–Kier alpha value is -1.32. The van der Waals surface area contributed by atoms with Gasteiger partial charge in [-0.05, 0) is 32.2 Å². The summed E-state index contributed by atoms with van der Waals surface area (Å²) in [4.78, 5) is 0. The minimum Gasteiger partial charge on any atom is -0.464 e. The van der Waals surface area contributed by atoms with Gasteiger partial charge < -0.3 is 9.73 Å². The first-order chi connectivity index (χ1) is 8.13. The van der Waals surface area contributed by atoms with Crippen molar-refractivity contribution >= 4 is 11.6 Å². The van der Waals surface area contributed by atoms with Crippen LogP contribution in [0.25, 0.3) is 0 Å². The molecule has 1 unspecified atom stereocenters. The standard InChI is InChI=1S/C13H13ClFNO/c1-8-6-7-11(17-8)13(16-2)9-4-3-5-10(14)12(9)15/h3-7,13,16H,1-2H3. The summed E-state index contributed by atoms with van der Waals surface area (Å²) in [6, 6.07) is 8.29. The van der Waals surface area contributed by atoms with E-state index < -0.39 is 5.82 Å². The molecule has 2 rings (SSSR count). The van der Waals surface area contributed by atoms with Gasteiger partial charge in [-0.25, -0.2) is 4.39 Å². The van der Waals surface area contributed by atoms with Crippen LogP contribution in [0.15, 0.2) is 34.7 Å². The highest BCUT2D eigenvalue weighted by molar-refractivity contribution is 6.30. The van der Waals surface area contributed by atoms with Crippen LogP contribution in [0.3, 0.4) is 0 Å². The number of furan rings is 1. The molecule has 0 saturated heterocycles. The Bertz CT molecular complexity index is 524. The summed E-state index contributed by atoms with van der Waals surface area (Å²) in [6.07, 6.45) is 0. The zero-order valence-corrected chi connectivity index (χ0v) is 10.4. The monoisotopic (exact) mass is 253 g/mol. The lowest BCUT2D eigenvalue weighted by Crippen LogP contribution is -2.18. The van der Waals surface area contributed by atoms with Crippen LogP contribution < -0.4 is 5.32 Å². The fourth-order valence-electron chi connectivity index (χ4n) is 1.80. The summed E-state index contributed by atoms with van der Waals surface area (Å²) < 4.78 is 19.4. The molecule has 1 aromatic carbocycles. The molecule has 1 heterocycles. The summed E-state index contributed by atoms with van der Waals surface area (Å²) in [5, 5.41) is 3.14. The second-order valence-electron chi connectivity index (χ2n) is 3.81. The maximum Gasteiger partial charge on any atom is 0.147 e. The minimum absolute atomic E-state index is 0.117. The Balaban J connectivity index is 2.45. The fourth-order valence-corrected chi connectivity index (χ4v) is 1.98. The maximum atomic E-state index is 13.9. The Morgan fingerprint density at radius 2 is 2.06 bits per heavy atom. The van der Waals surface area contributed by atoms with E-state index in [1.54, 1.807) is 19.2 Å². The number of nitrogens with one attached hydrogen (secondary N) is 1. The number of hydrogen-bond acceptors (Lipinski definition) is 2. The van der Waals surface area contributed by atoms with Crippen LogP contribution >= 0.6 is 11.6 Å². The number of hydrogen-bond donors (Lipinski definition) is 1. The van der Waals surface area contributed by atoms with E-state index in [4.69, 9.17) is 16.0 Å². The lowest BCUT2D eigenvalue weighted by molar-refractivity contribution is 0.436. The van der Waals surface area contributed by atoms with Gasteiger partial charge >= 0.3 is 0 Å². The molecule has 0 radical (unpaired) electrons. The normalized spacial score (nSPS) is 12.7. The van der Waals surface area contributed by atoms with Crippen LogP contribution in [0.4, 0.5) is 4.39 Å². The molecule has 1 atom stereocenters. The van der Waals surface area contributed by atoms with Gasteiger partial charge in [-0.1, -0.05) is 23.7 Å². The second-order valence-corrected chi connectivity index (χ2v) is 4.22. The van der Waals surface area contributed by atoms with Gasteiger partial charge in [0.15, 0.2) is 0 Å². The van der Waals surface area contributed by atoms with Crippen molar-refractivity contribution < 1.29 is 8.81 Å². The third kappa shape index (κ3) is 2.35. The van der Waals surface area contributed by atoms with Crippen LogP contribution in [0.2, 0.25) is 5.02 Å². The molecule has 0 aliphatic rings. The van der Waals surface area contributed by atoms with E-state index in [9.17, 15) is 4.39 Å². The molecule has 4 heteroatoms. The topological polar surface area (TPSA) is 25.2 Å². The van der Waals surface area contributed by atoms with Crippen LogP contribution in [0, 0.1) is 12.7 Å². The van der Waals surface area contributed by atoms with E-state index in [2.05, 4.69) is 5.32 Å². The van der Waals surface area contributed by atoms with Crippen LogP contribution in [-0.4, -0.2) is 7.05 Å². The average Bonchev–Trinajstić information content (AvgIpc) is 2.72. The Labute approximate surface area is 104 Å². The van der Waals surface area contributed by atoms with Crippen molar-refractivity contribution in [2.45, 2.75) is 13.0 Å². The van der Waals surface area contributed by atoms with E-state index in [0.29, 0.717) is 11.3 Å². The lowest BCUT2D eigenvalue weighted by Gasteiger charge is -2.15. The average molecular weight is 254 g/mol. The van der Waals surface area contributed by atoms with Gasteiger partial charge in [0.1, 0.15) is 17.3 Å². The zero-order valence-electron chi connectivity index (χ0n) is 9.63. The van der Waals surface area contributed by atoms with E-state index >= 15 is 0 Å². The molecule has 0 spiro atoms. The third-order valence-corrected chi connectivity index (χ3v) is 2.92. The van der Waals surface area contributed by atoms with Gasteiger partial charge in [0.25, 0.3) is 0 Å². The first-order valence-electron chi connectivity index (χ1n) is 5.31. The molecule has 90 valence electrons. The highest BCUT2D eigenvalue weighted by Gasteiger charge is 2.20. The van der Waals surface area contributed by atoms with Gasteiger partial charge in [-0.15, -0.1) is 0 Å². The van der Waals surface area contributed by atoms with E-state index in [-0.39, 0.29) is 11.1 Å². The SMILES string of the molecule is CNC(c1ccc(C)o1)c1cccc(Cl)c1F. The molecule has 17 heavy (non-hydrogen) atoms. The highest BCUT2D eigenvalue weighted by Crippen LogP contribution is 2.28. The zero-order chi connectivity index (χ0) is 12.4. The first-order valence-corrected chi connectivity index (χ1v) is 5.68. The number of halogens is 2. The van der Waals surface area contributed by atoms with Gasteiger partial charge in [0.2, 0.25) is 0 Å². The molecule has 2 aromatic rings.